The Morgan fingerprint density at radius 2 is 1.57 bits per heavy atom. The first-order valence-corrected chi connectivity index (χ1v) is 9.98. The van der Waals surface area contributed by atoms with Gasteiger partial charge in [0.25, 0.3) is 0 Å². The van der Waals surface area contributed by atoms with Crippen LogP contribution in [0.4, 0.5) is 0 Å². The van der Waals surface area contributed by atoms with Crippen molar-refractivity contribution in [2.24, 2.45) is 14.1 Å². The molecule has 0 amide bonds. The first kappa shape index (κ1) is 15.8. The van der Waals surface area contributed by atoms with Crippen LogP contribution < -0.4 is 0 Å². The Bertz CT molecular complexity index is 1430. The number of para-hydroxylation sites is 2. The van der Waals surface area contributed by atoms with Gasteiger partial charge in [-0.15, -0.1) is 0 Å². The van der Waals surface area contributed by atoms with Crippen molar-refractivity contribution in [2.45, 2.75) is 12.8 Å². The van der Waals surface area contributed by atoms with Crippen molar-refractivity contribution in [1.82, 2.24) is 9.13 Å². The SMILES string of the molecule is Cn1c2c(c3cc(-c4cccc5c6ccccc6n(C)c45)ccc31)CCC=C2. The number of aromatic nitrogens is 2. The van der Waals surface area contributed by atoms with Gasteiger partial charge in [-0.05, 0) is 48.2 Å². The summed E-state index contributed by atoms with van der Waals surface area (Å²) in [6.07, 6.45) is 6.83. The van der Waals surface area contributed by atoms with Gasteiger partial charge in [-0.2, -0.15) is 0 Å². The molecule has 0 N–H and O–H groups in total. The predicted octanol–water partition coefficient (Wildman–Crippen LogP) is 6.45. The van der Waals surface area contributed by atoms with Gasteiger partial charge in [-0.25, -0.2) is 0 Å². The third-order valence-corrected chi connectivity index (χ3v) is 6.43. The number of hydrogen-bond donors (Lipinski definition) is 0. The average molecular weight is 362 g/mol. The highest BCUT2D eigenvalue weighted by Gasteiger charge is 2.17. The van der Waals surface area contributed by atoms with Crippen LogP contribution in [0.15, 0.2) is 66.7 Å². The maximum absolute atomic E-state index is 2.40. The van der Waals surface area contributed by atoms with Gasteiger partial charge in [0.1, 0.15) is 0 Å². The zero-order valence-corrected chi connectivity index (χ0v) is 16.2. The molecule has 2 aromatic heterocycles. The maximum atomic E-state index is 2.40. The van der Waals surface area contributed by atoms with E-state index in [9.17, 15) is 0 Å². The molecule has 0 saturated heterocycles. The summed E-state index contributed by atoms with van der Waals surface area (Å²) in [5.41, 5.74) is 9.38. The Balaban J connectivity index is 1.68. The van der Waals surface area contributed by atoms with Crippen LogP contribution in [0.25, 0.3) is 49.9 Å². The van der Waals surface area contributed by atoms with Crippen molar-refractivity contribution in [3.63, 3.8) is 0 Å². The van der Waals surface area contributed by atoms with Crippen LogP contribution in [0.1, 0.15) is 17.7 Å². The highest BCUT2D eigenvalue weighted by Crippen LogP contribution is 2.38. The fourth-order valence-electron chi connectivity index (χ4n) is 5.08. The monoisotopic (exact) mass is 362 g/mol. The van der Waals surface area contributed by atoms with Crippen molar-refractivity contribution in [1.29, 1.82) is 0 Å². The molecular formula is C26H22N2. The van der Waals surface area contributed by atoms with E-state index in [-0.39, 0.29) is 0 Å². The lowest BCUT2D eigenvalue weighted by molar-refractivity contribution is 0.908. The van der Waals surface area contributed by atoms with E-state index in [1.54, 1.807) is 0 Å². The summed E-state index contributed by atoms with van der Waals surface area (Å²) in [5.74, 6) is 0. The van der Waals surface area contributed by atoms with Gasteiger partial charge in [0, 0.05) is 52.5 Å². The van der Waals surface area contributed by atoms with Crippen LogP contribution in [-0.2, 0) is 20.5 Å². The van der Waals surface area contributed by atoms with E-state index in [1.807, 2.05) is 0 Å². The number of allylic oxidation sites excluding steroid dienone is 1. The molecule has 2 nitrogen and oxygen atoms in total. The zero-order valence-electron chi connectivity index (χ0n) is 16.2. The molecule has 3 aromatic carbocycles. The molecule has 2 heteroatoms. The van der Waals surface area contributed by atoms with Crippen LogP contribution >= 0.6 is 0 Å². The Labute approximate surface area is 164 Å². The molecule has 0 aliphatic heterocycles. The normalized spacial score (nSPS) is 13.6. The topological polar surface area (TPSA) is 9.86 Å². The molecule has 1 aliphatic rings. The first-order chi connectivity index (χ1) is 13.7. The molecule has 0 bridgehead atoms. The van der Waals surface area contributed by atoms with Gasteiger partial charge in [-0.3, -0.25) is 0 Å². The molecule has 0 saturated carbocycles. The van der Waals surface area contributed by atoms with E-state index in [1.165, 1.54) is 55.1 Å². The number of nitrogens with zero attached hydrogens (tertiary/aromatic N) is 2. The zero-order chi connectivity index (χ0) is 18.8. The average Bonchev–Trinajstić information content (AvgIpc) is 3.21. The number of hydrogen-bond acceptors (Lipinski definition) is 0. The van der Waals surface area contributed by atoms with Gasteiger partial charge in [0.2, 0.25) is 0 Å². The summed E-state index contributed by atoms with van der Waals surface area (Å²) in [5, 5.41) is 4.05. The minimum absolute atomic E-state index is 1.13. The number of rotatable bonds is 1. The molecule has 0 fully saturated rings. The van der Waals surface area contributed by atoms with E-state index in [0.29, 0.717) is 0 Å². The molecule has 5 aromatic rings. The number of benzene rings is 3. The summed E-state index contributed by atoms with van der Waals surface area (Å²) >= 11 is 0. The van der Waals surface area contributed by atoms with E-state index >= 15 is 0 Å². The van der Waals surface area contributed by atoms with Crippen LogP contribution in [0.2, 0.25) is 0 Å². The molecule has 6 rings (SSSR count). The Morgan fingerprint density at radius 3 is 2.50 bits per heavy atom. The van der Waals surface area contributed by atoms with Gasteiger partial charge in [-0.1, -0.05) is 48.5 Å². The van der Waals surface area contributed by atoms with E-state index in [2.05, 4.69) is 96.0 Å². The summed E-state index contributed by atoms with van der Waals surface area (Å²) in [6, 6.07) is 22.4. The van der Waals surface area contributed by atoms with E-state index in [4.69, 9.17) is 0 Å². The highest BCUT2D eigenvalue weighted by molar-refractivity contribution is 6.13. The van der Waals surface area contributed by atoms with Gasteiger partial charge in [0.05, 0.1) is 5.52 Å². The van der Waals surface area contributed by atoms with E-state index in [0.717, 1.165) is 12.8 Å². The van der Waals surface area contributed by atoms with Crippen LogP contribution in [0, 0.1) is 0 Å². The molecule has 28 heavy (non-hydrogen) atoms. The summed E-state index contributed by atoms with van der Waals surface area (Å²) in [6.45, 7) is 0. The van der Waals surface area contributed by atoms with Gasteiger partial charge >= 0.3 is 0 Å². The van der Waals surface area contributed by atoms with Crippen molar-refractivity contribution in [3.8, 4) is 11.1 Å². The van der Waals surface area contributed by atoms with Crippen LogP contribution in [0.3, 0.4) is 0 Å². The van der Waals surface area contributed by atoms with Crippen LogP contribution in [0.5, 0.6) is 0 Å². The second-order valence-electron chi connectivity index (χ2n) is 7.87. The largest absolute Gasteiger partial charge is 0.344 e. The van der Waals surface area contributed by atoms with Gasteiger partial charge < -0.3 is 9.13 Å². The van der Waals surface area contributed by atoms with Gasteiger partial charge in [0.15, 0.2) is 0 Å². The standard InChI is InChI=1S/C26H22N2/c1-27-23-12-5-4-9-20(23)22-16-17(14-15-25(22)27)18-10-7-11-21-19-8-3-6-13-24(19)28(2)26(18)21/h3,5-8,10-16H,4,9H2,1-2H3. The van der Waals surface area contributed by atoms with Crippen molar-refractivity contribution >= 4 is 38.8 Å². The lowest BCUT2D eigenvalue weighted by Gasteiger charge is -2.09. The van der Waals surface area contributed by atoms with Crippen LogP contribution in [-0.4, -0.2) is 9.13 Å². The Morgan fingerprint density at radius 1 is 0.750 bits per heavy atom. The third kappa shape index (κ3) is 1.98. The van der Waals surface area contributed by atoms with E-state index < -0.39 is 0 Å². The number of aryl methyl sites for hydroxylation is 3. The fourth-order valence-corrected chi connectivity index (χ4v) is 5.08. The van der Waals surface area contributed by atoms with Crippen molar-refractivity contribution in [2.75, 3.05) is 0 Å². The maximum Gasteiger partial charge on any atom is 0.0568 e. The lowest BCUT2D eigenvalue weighted by atomic mass is 9.97. The molecule has 0 radical (unpaired) electrons. The summed E-state index contributed by atoms with van der Waals surface area (Å²) in [7, 11) is 4.36. The summed E-state index contributed by atoms with van der Waals surface area (Å²) < 4.78 is 4.68. The lowest BCUT2D eigenvalue weighted by Crippen LogP contribution is -1.96. The Kier molecular flexibility index (Phi) is 3.16. The molecular weight excluding hydrogens is 340 g/mol. The molecule has 1 aliphatic carbocycles. The second-order valence-corrected chi connectivity index (χ2v) is 7.87. The van der Waals surface area contributed by atoms with Crippen molar-refractivity contribution < 1.29 is 0 Å². The molecule has 136 valence electrons. The van der Waals surface area contributed by atoms with Crippen molar-refractivity contribution in [3.05, 3.63) is 78.0 Å². The Hall–Kier alpha value is -3.26. The molecule has 0 spiro atoms. The predicted molar refractivity (Wildman–Crippen MR) is 120 cm³/mol. The minimum Gasteiger partial charge on any atom is -0.344 e. The molecule has 2 heterocycles. The minimum atomic E-state index is 1.13. The second kappa shape index (κ2) is 5.62. The third-order valence-electron chi connectivity index (χ3n) is 6.43. The fraction of sp³-hybridized carbons (Fsp3) is 0.154. The molecule has 0 atom stereocenters. The highest BCUT2D eigenvalue weighted by atomic mass is 15.0. The quantitative estimate of drug-likeness (QED) is 0.324. The molecule has 0 unspecified atom stereocenters. The first-order valence-electron chi connectivity index (χ1n) is 9.98. The number of fused-ring (bicyclic) bond motifs is 6. The smallest absolute Gasteiger partial charge is 0.0568 e. The summed E-state index contributed by atoms with van der Waals surface area (Å²) in [4.78, 5) is 0.